The van der Waals surface area contributed by atoms with Crippen molar-refractivity contribution in [2.24, 2.45) is 5.73 Å². The molecule has 1 aliphatic heterocycles. The van der Waals surface area contributed by atoms with Crippen molar-refractivity contribution in [3.05, 3.63) is 0 Å². The molecular formula is C8H14N2O2S. The highest BCUT2D eigenvalue weighted by atomic mass is 32.2. The first-order valence-corrected chi connectivity index (χ1v) is 5.41. The van der Waals surface area contributed by atoms with Gasteiger partial charge in [0.05, 0.1) is 5.25 Å². The lowest BCUT2D eigenvalue weighted by Gasteiger charge is -2.10. The van der Waals surface area contributed by atoms with Crippen molar-refractivity contribution in [2.45, 2.75) is 18.6 Å². The third-order valence-electron chi connectivity index (χ3n) is 1.96. The van der Waals surface area contributed by atoms with Gasteiger partial charge in [0.15, 0.2) is 0 Å². The molecule has 0 aromatic rings. The van der Waals surface area contributed by atoms with Gasteiger partial charge in [0, 0.05) is 25.3 Å². The highest BCUT2D eigenvalue weighted by Crippen LogP contribution is 2.24. The highest BCUT2D eigenvalue weighted by Gasteiger charge is 2.37. The summed E-state index contributed by atoms with van der Waals surface area (Å²) < 4.78 is 0. The topological polar surface area (TPSA) is 63.4 Å². The minimum atomic E-state index is -0.184. The molecule has 2 N–H and O–H groups in total. The summed E-state index contributed by atoms with van der Waals surface area (Å²) in [4.78, 5) is 24.1. The first kappa shape index (κ1) is 10.5. The normalized spacial score (nSPS) is 22.9. The Hall–Kier alpha value is -0.550. The molecule has 0 aromatic carbocycles. The van der Waals surface area contributed by atoms with Crippen LogP contribution in [0, 0.1) is 0 Å². The monoisotopic (exact) mass is 202 g/mol. The van der Waals surface area contributed by atoms with Gasteiger partial charge in [-0.05, 0) is 6.92 Å². The molecule has 74 valence electrons. The average Bonchev–Trinajstić information content (AvgIpc) is 2.38. The van der Waals surface area contributed by atoms with Gasteiger partial charge in [0.1, 0.15) is 0 Å². The van der Waals surface area contributed by atoms with Gasteiger partial charge in [0.2, 0.25) is 11.8 Å². The molecule has 4 nitrogen and oxygen atoms in total. The van der Waals surface area contributed by atoms with Crippen molar-refractivity contribution >= 4 is 23.6 Å². The largest absolute Gasteiger partial charge is 0.330 e. The van der Waals surface area contributed by atoms with E-state index in [0.29, 0.717) is 19.5 Å². The predicted octanol–water partition coefficient (Wildman–Crippen LogP) is -0.174. The van der Waals surface area contributed by atoms with Crippen molar-refractivity contribution < 1.29 is 9.59 Å². The van der Waals surface area contributed by atoms with Crippen LogP contribution in [-0.4, -0.2) is 40.8 Å². The van der Waals surface area contributed by atoms with E-state index in [-0.39, 0.29) is 17.1 Å². The third-order valence-corrected chi connectivity index (χ3v) is 3.20. The number of likely N-dealkylation sites (tertiary alicyclic amines) is 1. The lowest BCUT2D eigenvalue weighted by atomic mass is 10.4. The van der Waals surface area contributed by atoms with E-state index in [0.717, 1.165) is 5.75 Å². The molecular weight excluding hydrogens is 188 g/mol. The summed E-state index contributed by atoms with van der Waals surface area (Å²) in [6.07, 6.45) is 0.345. The van der Waals surface area contributed by atoms with Crippen molar-refractivity contribution in [3.63, 3.8) is 0 Å². The Balaban J connectivity index is 2.52. The van der Waals surface area contributed by atoms with Gasteiger partial charge < -0.3 is 5.73 Å². The van der Waals surface area contributed by atoms with E-state index >= 15 is 0 Å². The minimum Gasteiger partial charge on any atom is -0.330 e. The highest BCUT2D eigenvalue weighted by molar-refractivity contribution is 8.00. The van der Waals surface area contributed by atoms with Crippen LogP contribution in [-0.2, 0) is 9.59 Å². The maximum Gasteiger partial charge on any atom is 0.242 e. The van der Waals surface area contributed by atoms with Crippen molar-refractivity contribution in [1.29, 1.82) is 0 Å². The first-order chi connectivity index (χ1) is 6.20. The fourth-order valence-corrected chi connectivity index (χ4v) is 2.28. The average molecular weight is 202 g/mol. The number of amides is 2. The van der Waals surface area contributed by atoms with Crippen LogP contribution in [0.5, 0.6) is 0 Å². The van der Waals surface area contributed by atoms with Crippen LogP contribution in [0.1, 0.15) is 13.3 Å². The first-order valence-electron chi connectivity index (χ1n) is 4.36. The molecule has 13 heavy (non-hydrogen) atoms. The van der Waals surface area contributed by atoms with Gasteiger partial charge in [-0.1, -0.05) is 0 Å². The van der Waals surface area contributed by atoms with Gasteiger partial charge in [-0.25, -0.2) is 0 Å². The summed E-state index contributed by atoms with van der Waals surface area (Å²) >= 11 is 1.48. The maximum atomic E-state index is 11.5. The Kier molecular flexibility index (Phi) is 3.74. The molecule has 0 spiro atoms. The number of thioether (sulfide) groups is 1. The van der Waals surface area contributed by atoms with E-state index in [1.165, 1.54) is 16.7 Å². The van der Waals surface area contributed by atoms with Crippen molar-refractivity contribution in [1.82, 2.24) is 4.90 Å². The molecule has 0 aromatic heterocycles. The van der Waals surface area contributed by atoms with E-state index in [2.05, 4.69) is 0 Å². The van der Waals surface area contributed by atoms with Gasteiger partial charge in [-0.3, -0.25) is 14.5 Å². The van der Waals surface area contributed by atoms with Crippen molar-refractivity contribution in [2.75, 3.05) is 18.8 Å². The Bertz CT molecular complexity index is 220. The van der Waals surface area contributed by atoms with E-state index in [9.17, 15) is 9.59 Å². The third kappa shape index (κ3) is 2.22. The molecule has 0 saturated carbocycles. The van der Waals surface area contributed by atoms with E-state index in [1.54, 1.807) is 0 Å². The Labute approximate surface area is 81.8 Å². The fraction of sp³-hybridized carbons (Fsp3) is 0.750. The Morgan fingerprint density at radius 2 is 2.31 bits per heavy atom. The van der Waals surface area contributed by atoms with Gasteiger partial charge in [-0.2, -0.15) is 0 Å². The van der Waals surface area contributed by atoms with E-state index in [1.807, 2.05) is 6.92 Å². The number of nitrogens with two attached hydrogens (primary N) is 1. The van der Waals surface area contributed by atoms with Crippen LogP contribution in [0.3, 0.4) is 0 Å². The van der Waals surface area contributed by atoms with Crippen LogP contribution in [0.25, 0.3) is 0 Å². The summed E-state index contributed by atoms with van der Waals surface area (Å²) in [5.41, 5.74) is 5.32. The number of imide groups is 1. The van der Waals surface area contributed by atoms with E-state index < -0.39 is 0 Å². The summed E-state index contributed by atoms with van der Waals surface area (Å²) in [5, 5.41) is -0.184. The summed E-state index contributed by atoms with van der Waals surface area (Å²) in [5.74, 6) is 0.634. The molecule has 0 aliphatic carbocycles. The van der Waals surface area contributed by atoms with Crippen LogP contribution >= 0.6 is 11.8 Å². The minimum absolute atomic E-state index is 0.0500. The second-order valence-electron chi connectivity index (χ2n) is 2.83. The molecule has 1 rings (SSSR count). The molecule has 1 fully saturated rings. The molecule has 0 unspecified atom stereocenters. The number of hydrogen-bond donors (Lipinski definition) is 1. The fourth-order valence-electron chi connectivity index (χ4n) is 1.33. The number of carbonyl (C=O) groups excluding carboxylic acids is 2. The molecule has 5 heteroatoms. The molecule has 1 atom stereocenters. The molecule has 0 bridgehead atoms. The van der Waals surface area contributed by atoms with Crippen LogP contribution in [0.4, 0.5) is 0 Å². The second-order valence-corrected chi connectivity index (χ2v) is 4.14. The standard InChI is InChI=1S/C8H14N2O2S/c1-2-10-7(11)5-6(8(10)12)13-4-3-9/h6H,2-5,9H2,1H3/t6-/m1/s1. The molecule has 0 radical (unpaired) electrons. The quantitative estimate of drug-likeness (QED) is 0.643. The summed E-state index contributed by atoms with van der Waals surface area (Å²) in [6.45, 7) is 2.85. The predicted molar refractivity (Wildman–Crippen MR) is 52.3 cm³/mol. The zero-order chi connectivity index (χ0) is 9.84. The Morgan fingerprint density at radius 1 is 1.62 bits per heavy atom. The van der Waals surface area contributed by atoms with Gasteiger partial charge in [-0.15, -0.1) is 11.8 Å². The molecule has 1 aliphatic rings. The maximum absolute atomic E-state index is 11.5. The van der Waals surface area contributed by atoms with Crippen LogP contribution < -0.4 is 5.73 Å². The second kappa shape index (κ2) is 4.62. The molecule has 1 saturated heterocycles. The SMILES string of the molecule is CCN1C(=O)C[C@@H](SCCN)C1=O. The number of rotatable bonds is 4. The smallest absolute Gasteiger partial charge is 0.242 e. The zero-order valence-electron chi connectivity index (χ0n) is 7.66. The summed E-state index contributed by atoms with van der Waals surface area (Å²) in [6, 6.07) is 0. The number of hydrogen-bond acceptors (Lipinski definition) is 4. The van der Waals surface area contributed by atoms with Crippen LogP contribution in [0.15, 0.2) is 0 Å². The Morgan fingerprint density at radius 3 is 2.77 bits per heavy atom. The van der Waals surface area contributed by atoms with Gasteiger partial charge in [0.25, 0.3) is 0 Å². The lowest BCUT2D eigenvalue weighted by molar-refractivity contribution is -0.137. The zero-order valence-corrected chi connectivity index (χ0v) is 8.47. The van der Waals surface area contributed by atoms with Crippen molar-refractivity contribution in [3.8, 4) is 0 Å². The molecule has 1 heterocycles. The lowest BCUT2D eigenvalue weighted by Crippen LogP contribution is -2.31. The summed E-state index contributed by atoms with van der Waals surface area (Å²) in [7, 11) is 0. The number of carbonyl (C=O) groups is 2. The van der Waals surface area contributed by atoms with Gasteiger partial charge >= 0.3 is 0 Å². The van der Waals surface area contributed by atoms with Crippen LogP contribution in [0.2, 0.25) is 0 Å². The number of nitrogens with zero attached hydrogens (tertiary/aromatic N) is 1. The molecule has 2 amide bonds. The van der Waals surface area contributed by atoms with E-state index in [4.69, 9.17) is 5.73 Å².